The van der Waals surface area contributed by atoms with Crippen LogP contribution in [0.4, 0.5) is 0 Å². The molecule has 1 aliphatic rings. The zero-order valence-corrected chi connectivity index (χ0v) is 12.1. The Morgan fingerprint density at radius 1 is 1.44 bits per heavy atom. The van der Waals surface area contributed by atoms with Gasteiger partial charge >= 0.3 is 0 Å². The second kappa shape index (κ2) is 5.99. The van der Waals surface area contributed by atoms with Crippen LogP contribution >= 0.6 is 22.6 Å². The van der Waals surface area contributed by atoms with Crippen LogP contribution in [0, 0.1) is 3.57 Å². The molecule has 0 spiro atoms. The molecule has 0 atom stereocenters. The van der Waals surface area contributed by atoms with Crippen molar-refractivity contribution in [2.24, 2.45) is 0 Å². The predicted octanol–water partition coefficient (Wildman–Crippen LogP) is 1.56. The van der Waals surface area contributed by atoms with Gasteiger partial charge in [0.15, 0.2) is 0 Å². The van der Waals surface area contributed by atoms with Gasteiger partial charge in [0.05, 0.1) is 12.1 Å². The number of rotatable bonds is 3. The van der Waals surface area contributed by atoms with E-state index in [1.807, 2.05) is 18.2 Å². The maximum atomic E-state index is 12.2. The first kappa shape index (κ1) is 13.8. The summed E-state index contributed by atoms with van der Waals surface area (Å²) < 4.78 is 6.29. The Balaban J connectivity index is 2.10. The monoisotopic (exact) mass is 361 g/mol. The van der Waals surface area contributed by atoms with Crippen molar-refractivity contribution >= 4 is 28.5 Å². The third-order valence-electron chi connectivity index (χ3n) is 3.22. The standard InChI is InChI=1S/C13H16INO3/c14-11-3-1-2-10(8-11)12(17)15-13(9-16)4-6-18-7-5-13/h1-3,8,16H,4-7,9H2,(H,15,17). The number of halogens is 1. The van der Waals surface area contributed by atoms with E-state index in [2.05, 4.69) is 27.9 Å². The SMILES string of the molecule is O=C(NC1(CO)CCOCC1)c1cccc(I)c1. The van der Waals surface area contributed by atoms with Crippen LogP contribution in [0.15, 0.2) is 24.3 Å². The van der Waals surface area contributed by atoms with Gasteiger partial charge in [-0.3, -0.25) is 4.79 Å². The molecule has 0 saturated carbocycles. The van der Waals surface area contributed by atoms with E-state index >= 15 is 0 Å². The van der Waals surface area contributed by atoms with Crippen molar-refractivity contribution in [3.05, 3.63) is 33.4 Å². The minimum atomic E-state index is -0.531. The van der Waals surface area contributed by atoms with Gasteiger partial charge < -0.3 is 15.2 Å². The summed E-state index contributed by atoms with van der Waals surface area (Å²) in [7, 11) is 0. The van der Waals surface area contributed by atoms with Crippen LogP contribution in [-0.2, 0) is 4.74 Å². The van der Waals surface area contributed by atoms with Gasteiger partial charge in [0.25, 0.3) is 5.91 Å². The number of amides is 1. The average molecular weight is 361 g/mol. The van der Waals surface area contributed by atoms with E-state index in [0.29, 0.717) is 31.6 Å². The van der Waals surface area contributed by atoms with Crippen molar-refractivity contribution in [2.45, 2.75) is 18.4 Å². The maximum absolute atomic E-state index is 12.2. The molecule has 1 fully saturated rings. The van der Waals surface area contributed by atoms with Crippen LogP contribution in [0.5, 0.6) is 0 Å². The summed E-state index contributed by atoms with van der Waals surface area (Å²) in [6.45, 7) is 1.10. The summed E-state index contributed by atoms with van der Waals surface area (Å²) in [6.07, 6.45) is 1.30. The van der Waals surface area contributed by atoms with Crippen LogP contribution in [0.2, 0.25) is 0 Å². The van der Waals surface area contributed by atoms with E-state index < -0.39 is 5.54 Å². The number of carbonyl (C=O) groups is 1. The van der Waals surface area contributed by atoms with Crippen LogP contribution in [-0.4, -0.2) is 36.4 Å². The molecule has 1 heterocycles. The van der Waals surface area contributed by atoms with Gasteiger partial charge in [-0.25, -0.2) is 0 Å². The predicted molar refractivity (Wildman–Crippen MR) is 76.5 cm³/mol. The molecule has 18 heavy (non-hydrogen) atoms. The fourth-order valence-electron chi connectivity index (χ4n) is 2.03. The summed E-state index contributed by atoms with van der Waals surface area (Å²) >= 11 is 2.17. The number of carbonyl (C=O) groups excluding carboxylic acids is 1. The molecule has 4 nitrogen and oxygen atoms in total. The van der Waals surface area contributed by atoms with E-state index in [9.17, 15) is 9.90 Å². The molecule has 0 unspecified atom stereocenters. The lowest BCUT2D eigenvalue weighted by Crippen LogP contribution is -2.54. The molecule has 1 amide bonds. The van der Waals surface area contributed by atoms with E-state index in [4.69, 9.17) is 4.74 Å². The molecular weight excluding hydrogens is 345 g/mol. The highest BCUT2D eigenvalue weighted by Gasteiger charge is 2.33. The minimum Gasteiger partial charge on any atom is -0.394 e. The molecule has 2 rings (SSSR count). The molecule has 2 N–H and O–H groups in total. The quantitative estimate of drug-likeness (QED) is 0.804. The average Bonchev–Trinajstić information content (AvgIpc) is 2.40. The van der Waals surface area contributed by atoms with E-state index in [-0.39, 0.29) is 12.5 Å². The van der Waals surface area contributed by atoms with E-state index in [1.54, 1.807) is 6.07 Å². The third kappa shape index (κ3) is 3.21. The normalized spacial score (nSPS) is 18.3. The zero-order valence-electron chi connectivity index (χ0n) is 9.99. The molecule has 1 saturated heterocycles. The highest BCUT2D eigenvalue weighted by Crippen LogP contribution is 2.21. The summed E-state index contributed by atoms with van der Waals surface area (Å²) in [4.78, 5) is 12.2. The van der Waals surface area contributed by atoms with Crippen molar-refractivity contribution in [3.8, 4) is 0 Å². The topological polar surface area (TPSA) is 58.6 Å². The minimum absolute atomic E-state index is 0.0496. The molecule has 0 aromatic heterocycles. The first-order valence-corrected chi connectivity index (χ1v) is 7.00. The lowest BCUT2D eigenvalue weighted by Gasteiger charge is -2.36. The lowest BCUT2D eigenvalue weighted by atomic mass is 9.90. The van der Waals surface area contributed by atoms with Crippen LogP contribution in [0.3, 0.4) is 0 Å². The maximum Gasteiger partial charge on any atom is 0.251 e. The Bertz CT molecular complexity index is 430. The lowest BCUT2D eigenvalue weighted by molar-refractivity contribution is 0.0125. The van der Waals surface area contributed by atoms with Crippen molar-refractivity contribution in [2.75, 3.05) is 19.8 Å². The van der Waals surface area contributed by atoms with Gasteiger partial charge in [-0.1, -0.05) is 6.07 Å². The molecule has 98 valence electrons. The van der Waals surface area contributed by atoms with Gasteiger partial charge in [-0.2, -0.15) is 0 Å². The smallest absolute Gasteiger partial charge is 0.251 e. The Morgan fingerprint density at radius 3 is 2.78 bits per heavy atom. The molecule has 0 radical (unpaired) electrons. The number of aliphatic hydroxyl groups is 1. The number of hydrogen-bond acceptors (Lipinski definition) is 3. The van der Waals surface area contributed by atoms with Gasteiger partial charge in [0.2, 0.25) is 0 Å². The number of hydrogen-bond donors (Lipinski definition) is 2. The summed E-state index contributed by atoms with van der Waals surface area (Å²) in [5.74, 6) is -0.135. The molecule has 1 aromatic carbocycles. The molecule has 5 heteroatoms. The van der Waals surface area contributed by atoms with Crippen LogP contribution in [0.1, 0.15) is 23.2 Å². The Labute approximate surface area is 120 Å². The Kier molecular flexibility index (Phi) is 4.58. The highest BCUT2D eigenvalue weighted by atomic mass is 127. The summed E-state index contributed by atoms with van der Waals surface area (Å²) in [5, 5.41) is 12.5. The third-order valence-corrected chi connectivity index (χ3v) is 3.89. The van der Waals surface area contributed by atoms with Crippen molar-refractivity contribution in [3.63, 3.8) is 0 Å². The second-order valence-corrected chi connectivity index (χ2v) is 5.76. The first-order chi connectivity index (χ1) is 8.65. The van der Waals surface area contributed by atoms with Crippen molar-refractivity contribution in [1.29, 1.82) is 0 Å². The van der Waals surface area contributed by atoms with Gasteiger partial charge in [0, 0.05) is 22.3 Å². The van der Waals surface area contributed by atoms with E-state index in [1.165, 1.54) is 0 Å². The highest BCUT2D eigenvalue weighted by molar-refractivity contribution is 14.1. The van der Waals surface area contributed by atoms with E-state index in [0.717, 1.165) is 3.57 Å². The van der Waals surface area contributed by atoms with Gasteiger partial charge in [-0.15, -0.1) is 0 Å². The first-order valence-electron chi connectivity index (χ1n) is 5.92. The fourth-order valence-corrected chi connectivity index (χ4v) is 2.57. The zero-order chi connectivity index (χ0) is 13.0. The molecule has 1 aromatic rings. The fraction of sp³-hybridized carbons (Fsp3) is 0.462. The summed E-state index contributed by atoms with van der Waals surface area (Å²) in [6, 6.07) is 7.40. The molecule has 1 aliphatic heterocycles. The molecular formula is C13H16INO3. The second-order valence-electron chi connectivity index (χ2n) is 4.52. The van der Waals surface area contributed by atoms with Gasteiger partial charge in [-0.05, 0) is 53.6 Å². The molecule has 0 aliphatic carbocycles. The van der Waals surface area contributed by atoms with Crippen molar-refractivity contribution in [1.82, 2.24) is 5.32 Å². The van der Waals surface area contributed by atoms with Crippen LogP contribution < -0.4 is 5.32 Å². The molecule has 0 bridgehead atoms. The summed E-state index contributed by atoms with van der Waals surface area (Å²) in [5.41, 5.74) is 0.0950. The Hall–Kier alpha value is -0.660. The number of nitrogens with one attached hydrogen (secondary N) is 1. The van der Waals surface area contributed by atoms with Crippen LogP contribution in [0.25, 0.3) is 0 Å². The van der Waals surface area contributed by atoms with Gasteiger partial charge in [0.1, 0.15) is 0 Å². The Morgan fingerprint density at radius 2 is 2.17 bits per heavy atom. The number of benzene rings is 1. The number of ether oxygens (including phenoxy) is 1. The largest absolute Gasteiger partial charge is 0.394 e. The number of aliphatic hydroxyl groups excluding tert-OH is 1. The van der Waals surface area contributed by atoms with Crippen molar-refractivity contribution < 1.29 is 14.6 Å².